The van der Waals surface area contributed by atoms with Crippen molar-refractivity contribution in [2.24, 2.45) is 5.73 Å². The molecule has 0 radical (unpaired) electrons. The largest absolute Gasteiger partial charge is 0.472 e. The number of phosphoric acid groups is 1. The minimum Gasteiger partial charge on any atom is -0.462 e. The lowest BCUT2D eigenvalue weighted by Crippen LogP contribution is -2.29. The Morgan fingerprint density at radius 3 is 1.53 bits per heavy atom. The Morgan fingerprint density at radius 1 is 0.588 bits per heavy atom. The quantitative estimate of drug-likeness (QED) is 0.0273. The van der Waals surface area contributed by atoms with Gasteiger partial charge in [0.15, 0.2) is 6.10 Å². The van der Waals surface area contributed by atoms with E-state index in [9.17, 15) is 19.0 Å². The number of esters is 2. The van der Waals surface area contributed by atoms with E-state index in [1.54, 1.807) is 0 Å². The van der Waals surface area contributed by atoms with Gasteiger partial charge in [-0.15, -0.1) is 0 Å². The summed E-state index contributed by atoms with van der Waals surface area (Å²) in [5.74, 6) is -0.829. The van der Waals surface area contributed by atoms with E-state index in [0.717, 1.165) is 51.4 Å². The zero-order valence-corrected chi connectivity index (χ0v) is 33.7. The highest BCUT2D eigenvalue weighted by Gasteiger charge is 2.26. The summed E-state index contributed by atoms with van der Waals surface area (Å²) in [6.45, 7) is 3.70. The van der Waals surface area contributed by atoms with Crippen LogP contribution in [0.25, 0.3) is 0 Å². The topological polar surface area (TPSA) is 134 Å². The van der Waals surface area contributed by atoms with Gasteiger partial charge in [0.25, 0.3) is 0 Å². The van der Waals surface area contributed by atoms with Gasteiger partial charge < -0.3 is 20.1 Å². The normalized spacial score (nSPS) is 13.6. The summed E-state index contributed by atoms with van der Waals surface area (Å²) in [5, 5.41) is 0. The van der Waals surface area contributed by atoms with Crippen LogP contribution < -0.4 is 5.73 Å². The molecule has 0 amide bonds. The van der Waals surface area contributed by atoms with Crippen LogP contribution in [0.4, 0.5) is 0 Å². The smallest absolute Gasteiger partial charge is 0.462 e. The molecule has 0 bridgehead atoms. The van der Waals surface area contributed by atoms with Crippen LogP contribution in [0.5, 0.6) is 0 Å². The van der Waals surface area contributed by atoms with Gasteiger partial charge >= 0.3 is 19.8 Å². The van der Waals surface area contributed by atoms with Crippen molar-refractivity contribution in [3.05, 3.63) is 24.3 Å². The molecule has 0 aliphatic rings. The number of rotatable bonds is 39. The van der Waals surface area contributed by atoms with E-state index < -0.39 is 26.5 Å². The summed E-state index contributed by atoms with van der Waals surface area (Å²) in [5.41, 5.74) is 5.34. The molecule has 0 fully saturated rings. The second-order valence-electron chi connectivity index (χ2n) is 13.9. The molecule has 0 spiro atoms. The van der Waals surface area contributed by atoms with Crippen molar-refractivity contribution in [2.45, 2.75) is 200 Å². The molecule has 0 saturated heterocycles. The van der Waals surface area contributed by atoms with Crippen LogP contribution in [-0.4, -0.2) is 49.3 Å². The lowest BCUT2D eigenvalue weighted by molar-refractivity contribution is -0.161. The molecular weight excluding hydrogens is 665 g/mol. The van der Waals surface area contributed by atoms with Crippen molar-refractivity contribution in [1.82, 2.24) is 0 Å². The molecular formula is C41H78NO8P. The van der Waals surface area contributed by atoms with Crippen LogP contribution in [0.3, 0.4) is 0 Å². The number of carbonyl (C=O) groups excluding carboxylic acids is 2. The van der Waals surface area contributed by atoms with Gasteiger partial charge in [-0.1, -0.05) is 160 Å². The zero-order chi connectivity index (χ0) is 37.5. The minimum atomic E-state index is -4.37. The molecule has 2 atom stereocenters. The maximum absolute atomic E-state index is 12.6. The molecule has 0 heterocycles. The van der Waals surface area contributed by atoms with E-state index in [1.807, 2.05) is 0 Å². The van der Waals surface area contributed by atoms with Crippen LogP contribution in [-0.2, 0) is 32.7 Å². The number of hydrogen-bond donors (Lipinski definition) is 2. The second kappa shape index (κ2) is 38.2. The maximum atomic E-state index is 12.6. The standard InChI is InChI=1S/C41H78NO8P/c1-3-5-7-9-11-13-15-16-17-18-19-20-21-22-24-26-28-30-32-34-41(44)50-39(38-49-51(45,46)48-36-35-42)37-47-40(43)33-31-29-27-25-23-14-12-10-8-6-4-2/h11,13,16-17,39H,3-10,12,14-15,18-38,42H2,1-2H3,(H,45,46)/b13-11-,17-16-/t39-/m1/s1. The third-order valence-electron chi connectivity index (χ3n) is 8.84. The van der Waals surface area contributed by atoms with Gasteiger partial charge in [-0.05, 0) is 44.9 Å². The van der Waals surface area contributed by atoms with Crippen molar-refractivity contribution in [3.8, 4) is 0 Å². The minimum absolute atomic E-state index is 0.0541. The van der Waals surface area contributed by atoms with Crippen LogP contribution >= 0.6 is 7.82 Å². The average molecular weight is 744 g/mol. The number of carbonyl (C=O) groups is 2. The number of ether oxygens (including phenoxy) is 2. The Bertz CT molecular complexity index is 897. The van der Waals surface area contributed by atoms with Crippen LogP contribution in [0.1, 0.15) is 194 Å². The predicted molar refractivity (Wildman–Crippen MR) is 211 cm³/mol. The summed E-state index contributed by atoms with van der Waals surface area (Å²) >= 11 is 0. The molecule has 0 aliphatic carbocycles. The highest BCUT2D eigenvalue weighted by molar-refractivity contribution is 7.47. The fraction of sp³-hybridized carbons (Fsp3) is 0.854. The number of unbranched alkanes of at least 4 members (excludes halogenated alkanes) is 22. The van der Waals surface area contributed by atoms with Crippen LogP contribution in [0.15, 0.2) is 24.3 Å². The molecule has 0 aromatic heterocycles. The van der Waals surface area contributed by atoms with E-state index in [2.05, 4.69) is 38.2 Å². The number of nitrogens with two attached hydrogens (primary N) is 1. The number of phosphoric ester groups is 1. The lowest BCUT2D eigenvalue weighted by atomic mass is 10.1. The number of hydrogen-bond acceptors (Lipinski definition) is 8. The second-order valence-corrected chi connectivity index (χ2v) is 15.3. The van der Waals surface area contributed by atoms with E-state index in [0.29, 0.717) is 6.42 Å². The summed E-state index contributed by atoms with van der Waals surface area (Å²) in [6.07, 6.45) is 39.2. The van der Waals surface area contributed by atoms with Crippen molar-refractivity contribution in [1.29, 1.82) is 0 Å². The first kappa shape index (κ1) is 49.5. The van der Waals surface area contributed by atoms with Crippen molar-refractivity contribution < 1.29 is 37.6 Å². The summed E-state index contributed by atoms with van der Waals surface area (Å²) in [6, 6.07) is 0. The molecule has 0 saturated carbocycles. The molecule has 51 heavy (non-hydrogen) atoms. The fourth-order valence-corrected chi connectivity index (χ4v) is 6.49. The summed E-state index contributed by atoms with van der Waals surface area (Å²) < 4.78 is 32.7. The summed E-state index contributed by atoms with van der Waals surface area (Å²) in [4.78, 5) is 34.8. The Morgan fingerprint density at radius 2 is 1.02 bits per heavy atom. The molecule has 9 nitrogen and oxygen atoms in total. The Hall–Kier alpha value is -1.51. The molecule has 1 unspecified atom stereocenters. The molecule has 10 heteroatoms. The highest BCUT2D eigenvalue weighted by Crippen LogP contribution is 2.43. The van der Waals surface area contributed by atoms with E-state index in [1.165, 1.54) is 109 Å². The average Bonchev–Trinajstić information content (AvgIpc) is 3.11. The molecule has 0 aromatic rings. The monoisotopic (exact) mass is 744 g/mol. The third kappa shape index (κ3) is 38.0. The van der Waals surface area contributed by atoms with E-state index in [4.69, 9.17) is 24.3 Å². The van der Waals surface area contributed by atoms with E-state index in [-0.39, 0.29) is 38.6 Å². The van der Waals surface area contributed by atoms with Gasteiger partial charge in [0, 0.05) is 19.4 Å². The molecule has 3 N–H and O–H groups in total. The first-order chi connectivity index (χ1) is 24.8. The number of allylic oxidation sites excluding steroid dienone is 4. The molecule has 0 aliphatic heterocycles. The van der Waals surface area contributed by atoms with Gasteiger partial charge in [-0.25, -0.2) is 4.57 Å². The lowest BCUT2D eigenvalue weighted by Gasteiger charge is -2.19. The fourth-order valence-electron chi connectivity index (χ4n) is 5.72. The van der Waals surface area contributed by atoms with Gasteiger partial charge in [0.05, 0.1) is 13.2 Å². The van der Waals surface area contributed by atoms with E-state index >= 15 is 0 Å². The van der Waals surface area contributed by atoms with Crippen LogP contribution in [0.2, 0.25) is 0 Å². The van der Waals surface area contributed by atoms with Crippen LogP contribution in [0, 0.1) is 0 Å². The first-order valence-electron chi connectivity index (χ1n) is 20.8. The Kier molecular flexibility index (Phi) is 37.1. The maximum Gasteiger partial charge on any atom is 0.472 e. The van der Waals surface area contributed by atoms with Crippen molar-refractivity contribution >= 4 is 19.8 Å². The van der Waals surface area contributed by atoms with Gasteiger partial charge in [-0.3, -0.25) is 18.6 Å². The van der Waals surface area contributed by atoms with Gasteiger partial charge in [0.2, 0.25) is 0 Å². The molecule has 0 aromatic carbocycles. The van der Waals surface area contributed by atoms with Gasteiger partial charge in [0.1, 0.15) is 6.61 Å². The first-order valence-corrected chi connectivity index (χ1v) is 22.3. The Balaban J connectivity index is 4.13. The molecule has 300 valence electrons. The van der Waals surface area contributed by atoms with Crippen molar-refractivity contribution in [2.75, 3.05) is 26.4 Å². The summed E-state index contributed by atoms with van der Waals surface area (Å²) in [7, 11) is -4.37. The Labute approximate surface area is 312 Å². The SMILES string of the molecule is CCCCC/C=C\C/C=C\CCCCCCCCCCCC(=O)O[C@H](COC(=O)CCCCCCCCCCCCC)COP(=O)(O)OCCN. The zero-order valence-electron chi connectivity index (χ0n) is 32.8. The predicted octanol–water partition coefficient (Wildman–Crippen LogP) is 11.6. The highest BCUT2D eigenvalue weighted by atomic mass is 31.2. The van der Waals surface area contributed by atoms with Gasteiger partial charge in [-0.2, -0.15) is 0 Å². The van der Waals surface area contributed by atoms with Crippen molar-refractivity contribution in [3.63, 3.8) is 0 Å². The molecule has 0 rings (SSSR count). The third-order valence-corrected chi connectivity index (χ3v) is 9.82.